The van der Waals surface area contributed by atoms with Crippen LogP contribution < -0.4 is 10.5 Å². The molecular weight excluding hydrogens is 200 g/mol. The fourth-order valence-electron chi connectivity index (χ4n) is 1.10. The van der Waals surface area contributed by atoms with E-state index in [0.29, 0.717) is 12.2 Å². The molecule has 1 aromatic carbocycles. The van der Waals surface area contributed by atoms with Gasteiger partial charge in [0.1, 0.15) is 0 Å². The van der Waals surface area contributed by atoms with Gasteiger partial charge in [0.15, 0.2) is 0 Å². The van der Waals surface area contributed by atoms with E-state index in [1.165, 1.54) is 0 Å². The summed E-state index contributed by atoms with van der Waals surface area (Å²) in [4.78, 5) is 0. The molecule has 0 unspecified atom stereocenters. The second-order valence-corrected chi connectivity index (χ2v) is 4.81. The highest BCUT2D eigenvalue weighted by molar-refractivity contribution is 7.88. The average Bonchev–Trinajstić information content (AvgIpc) is 2.08. The number of hydrogen-bond acceptors (Lipinski definition) is 3. The molecule has 0 fully saturated rings. The van der Waals surface area contributed by atoms with E-state index >= 15 is 0 Å². The van der Waals surface area contributed by atoms with E-state index in [0.717, 1.165) is 5.56 Å². The van der Waals surface area contributed by atoms with E-state index in [1.54, 1.807) is 31.2 Å². The summed E-state index contributed by atoms with van der Waals surface area (Å²) in [5.41, 5.74) is 6.85. The molecule has 0 radical (unpaired) electrons. The third-order valence-corrected chi connectivity index (χ3v) is 3.14. The fourth-order valence-corrected chi connectivity index (χ4v) is 2.28. The zero-order valence-electron chi connectivity index (χ0n) is 8.03. The Morgan fingerprint density at radius 3 is 2.36 bits per heavy atom. The maximum absolute atomic E-state index is 11.3. The smallest absolute Gasteiger partial charge is 0.215 e. The average molecular weight is 214 g/mol. The molecule has 0 spiro atoms. The molecule has 0 amide bonds. The van der Waals surface area contributed by atoms with Crippen LogP contribution >= 0.6 is 0 Å². The Morgan fingerprint density at radius 1 is 1.29 bits per heavy atom. The van der Waals surface area contributed by atoms with E-state index in [9.17, 15) is 8.42 Å². The van der Waals surface area contributed by atoms with Crippen molar-refractivity contribution >= 4 is 15.7 Å². The highest BCUT2D eigenvalue weighted by atomic mass is 32.2. The van der Waals surface area contributed by atoms with Gasteiger partial charge < -0.3 is 5.73 Å². The highest BCUT2D eigenvalue weighted by Gasteiger charge is 2.08. The Balaban J connectivity index is 2.74. The Hall–Kier alpha value is -1.07. The van der Waals surface area contributed by atoms with E-state index in [-0.39, 0.29) is 5.75 Å². The Morgan fingerprint density at radius 2 is 1.86 bits per heavy atom. The molecule has 78 valence electrons. The summed E-state index contributed by atoms with van der Waals surface area (Å²) < 4.78 is 25.1. The SMILES string of the molecule is CCNS(=O)(=O)Cc1ccc(N)cc1. The summed E-state index contributed by atoms with van der Waals surface area (Å²) in [5.74, 6) is 0.00111. The zero-order chi connectivity index (χ0) is 10.6. The van der Waals surface area contributed by atoms with Gasteiger partial charge >= 0.3 is 0 Å². The quantitative estimate of drug-likeness (QED) is 0.725. The van der Waals surface area contributed by atoms with Gasteiger partial charge in [-0.3, -0.25) is 0 Å². The molecule has 14 heavy (non-hydrogen) atoms. The predicted molar refractivity (Wildman–Crippen MR) is 57.2 cm³/mol. The summed E-state index contributed by atoms with van der Waals surface area (Å²) >= 11 is 0. The summed E-state index contributed by atoms with van der Waals surface area (Å²) in [6.45, 7) is 2.16. The maximum Gasteiger partial charge on any atom is 0.215 e. The van der Waals surface area contributed by atoms with Crippen molar-refractivity contribution < 1.29 is 8.42 Å². The third-order valence-electron chi connectivity index (χ3n) is 1.70. The van der Waals surface area contributed by atoms with Gasteiger partial charge in [0.2, 0.25) is 10.0 Å². The molecule has 3 N–H and O–H groups in total. The van der Waals surface area contributed by atoms with E-state index in [2.05, 4.69) is 4.72 Å². The Bertz CT molecular complexity index is 384. The van der Waals surface area contributed by atoms with Crippen molar-refractivity contribution in [3.63, 3.8) is 0 Å². The number of nitrogens with one attached hydrogen (secondary N) is 1. The molecule has 1 rings (SSSR count). The molecular formula is C9H14N2O2S. The van der Waals surface area contributed by atoms with Crippen molar-refractivity contribution in [3.05, 3.63) is 29.8 Å². The van der Waals surface area contributed by atoms with Crippen molar-refractivity contribution in [2.24, 2.45) is 0 Å². The first-order valence-corrected chi connectivity index (χ1v) is 6.00. The number of hydrogen-bond donors (Lipinski definition) is 2. The first-order chi connectivity index (χ1) is 6.53. The van der Waals surface area contributed by atoms with Gasteiger partial charge in [-0.25, -0.2) is 13.1 Å². The van der Waals surface area contributed by atoms with Gasteiger partial charge in [0, 0.05) is 12.2 Å². The largest absolute Gasteiger partial charge is 0.399 e. The maximum atomic E-state index is 11.3. The van der Waals surface area contributed by atoms with Gasteiger partial charge in [-0.15, -0.1) is 0 Å². The molecule has 5 heteroatoms. The van der Waals surface area contributed by atoms with Crippen LogP contribution in [0.1, 0.15) is 12.5 Å². The first kappa shape index (κ1) is 11.0. The molecule has 0 heterocycles. The monoisotopic (exact) mass is 214 g/mol. The summed E-state index contributed by atoms with van der Waals surface area (Å²) in [7, 11) is -3.19. The second kappa shape index (κ2) is 4.43. The van der Waals surface area contributed by atoms with Crippen LogP contribution in [0, 0.1) is 0 Å². The van der Waals surface area contributed by atoms with Crippen molar-refractivity contribution in [2.75, 3.05) is 12.3 Å². The molecule has 0 saturated carbocycles. The molecule has 0 aliphatic rings. The highest BCUT2D eigenvalue weighted by Crippen LogP contribution is 2.08. The lowest BCUT2D eigenvalue weighted by Gasteiger charge is -2.04. The minimum Gasteiger partial charge on any atom is -0.399 e. The lowest BCUT2D eigenvalue weighted by atomic mass is 10.2. The van der Waals surface area contributed by atoms with Gasteiger partial charge in [-0.1, -0.05) is 19.1 Å². The van der Waals surface area contributed by atoms with E-state index < -0.39 is 10.0 Å². The lowest BCUT2D eigenvalue weighted by Crippen LogP contribution is -2.24. The molecule has 0 saturated heterocycles. The molecule has 0 atom stereocenters. The van der Waals surface area contributed by atoms with Crippen molar-refractivity contribution in [1.82, 2.24) is 4.72 Å². The van der Waals surface area contributed by atoms with E-state index in [4.69, 9.17) is 5.73 Å². The predicted octanol–water partition coefficient (Wildman–Crippen LogP) is 0.708. The zero-order valence-corrected chi connectivity index (χ0v) is 8.84. The van der Waals surface area contributed by atoms with Gasteiger partial charge in [-0.2, -0.15) is 0 Å². The number of nitrogens with two attached hydrogens (primary N) is 1. The molecule has 4 nitrogen and oxygen atoms in total. The summed E-state index contributed by atoms with van der Waals surface area (Å²) in [6, 6.07) is 6.81. The fraction of sp³-hybridized carbons (Fsp3) is 0.333. The van der Waals surface area contributed by atoms with Crippen LogP contribution in [0.2, 0.25) is 0 Å². The lowest BCUT2D eigenvalue weighted by molar-refractivity contribution is 0.583. The van der Waals surface area contributed by atoms with Gasteiger partial charge in [0.05, 0.1) is 5.75 Å². The van der Waals surface area contributed by atoms with Crippen LogP contribution in [-0.2, 0) is 15.8 Å². The standard InChI is InChI=1S/C9H14N2O2S/c1-2-11-14(12,13)7-8-3-5-9(10)6-4-8/h3-6,11H,2,7,10H2,1H3. The molecule has 0 bridgehead atoms. The number of nitrogen functional groups attached to an aromatic ring is 1. The molecule has 0 aromatic heterocycles. The third kappa shape index (κ3) is 3.35. The molecule has 1 aromatic rings. The molecule has 0 aliphatic carbocycles. The first-order valence-electron chi connectivity index (χ1n) is 4.35. The Kier molecular flexibility index (Phi) is 3.49. The normalized spacial score (nSPS) is 11.5. The summed E-state index contributed by atoms with van der Waals surface area (Å²) in [6.07, 6.45) is 0. The van der Waals surface area contributed by atoms with E-state index in [1.807, 2.05) is 0 Å². The number of sulfonamides is 1. The van der Waals surface area contributed by atoms with Crippen LogP contribution in [0.25, 0.3) is 0 Å². The van der Waals surface area contributed by atoms with Crippen molar-refractivity contribution in [1.29, 1.82) is 0 Å². The molecule has 0 aliphatic heterocycles. The van der Waals surface area contributed by atoms with Gasteiger partial charge in [-0.05, 0) is 17.7 Å². The van der Waals surface area contributed by atoms with Crippen LogP contribution in [0.5, 0.6) is 0 Å². The van der Waals surface area contributed by atoms with Crippen LogP contribution in [0.3, 0.4) is 0 Å². The topological polar surface area (TPSA) is 72.2 Å². The van der Waals surface area contributed by atoms with Crippen LogP contribution in [0.15, 0.2) is 24.3 Å². The van der Waals surface area contributed by atoms with Crippen molar-refractivity contribution in [2.45, 2.75) is 12.7 Å². The van der Waals surface area contributed by atoms with Gasteiger partial charge in [0.25, 0.3) is 0 Å². The Labute approximate surface area is 84.2 Å². The minimum atomic E-state index is -3.19. The van der Waals surface area contributed by atoms with Crippen LogP contribution in [0.4, 0.5) is 5.69 Å². The number of rotatable bonds is 4. The van der Waals surface area contributed by atoms with Crippen LogP contribution in [-0.4, -0.2) is 15.0 Å². The minimum absolute atomic E-state index is 0.00111. The number of benzene rings is 1. The van der Waals surface area contributed by atoms with Crippen molar-refractivity contribution in [3.8, 4) is 0 Å². The second-order valence-electron chi connectivity index (χ2n) is 3.00. The summed E-state index contributed by atoms with van der Waals surface area (Å²) in [5, 5.41) is 0. The number of anilines is 1.